The lowest BCUT2D eigenvalue weighted by Crippen LogP contribution is -2.50. The highest BCUT2D eigenvalue weighted by Gasteiger charge is 2.27. The van der Waals surface area contributed by atoms with Crippen molar-refractivity contribution in [1.29, 1.82) is 0 Å². The molecule has 1 aliphatic rings. The summed E-state index contributed by atoms with van der Waals surface area (Å²) in [5.74, 6) is -0.407. The van der Waals surface area contributed by atoms with E-state index in [9.17, 15) is 24.5 Å². The molecule has 0 N–H and O–H groups in total. The standard InChI is InChI=1S/C21H23N3O5S/c1-14-3-4-15(2)16(13-14)17(25)5-7-19(26)22-9-11-23(12-10-22)21(27)18-6-8-20(30-18)24(28)29/h3-4,6,8,13H,5,7,9-12H2,1-2H3. The Bertz CT molecular complexity index is 992. The summed E-state index contributed by atoms with van der Waals surface area (Å²) in [5.41, 5.74) is 2.56. The van der Waals surface area contributed by atoms with Crippen molar-refractivity contribution in [3.8, 4) is 0 Å². The van der Waals surface area contributed by atoms with Gasteiger partial charge in [-0.15, -0.1) is 0 Å². The number of carbonyl (C=O) groups excluding carboxylic acids is 3. The Labute approximate surface area is 178 Å². The van der Waals surface area contributed by atoms with Crippen molar-refractivity contribution in [2.75, 3.05) is 26.2 Å². The van der Waals surface area contributed by atoms with Crippen LogP contribution in [0.2, 0.25) is 0 Å². The lowest BCUT2D eigenvalue weighted by Gasteiger charge is -2.34. The van der Waals surface area contributed by atoms with Gasteiger partial charge >= 0.3 is 5.00 Å². The molecule has 0 bridgehead atoms. The van der Waals surface area contributed by atoms with Crippen molar-refractivity contribution in [3.63, 3.8) is 0 Å². The zero-order chi connectivity index (χ0) is 21.8. The first-order chi connectivity index (χ1) is 14.3. The van der Waals surface area contributed by atoms with Crippen LogP contribution >= 0.6 is 11.3 Å². The number of rotatable bonds is 6. The number of carbonyl (C=O) groups is 3. The lowest BCUT2D eigenvalue weighted by molar-refractivity contribution is -0.380. The number of aryl methyl sites for hydroxylation is 2. The van der Waals surface area contributed by atoms with Crippen LogP contribution < -0.4 is 0 Å². The van der Waals surface area contributed by atoms with Crippen LogP contribution in [0.4, 0.5) is 5.00 Å². The SMILES string of the molecule is Cc1ccc(C)c(C(=O)CCC(=O)N2CCN(C(=O)c3ccc([N+](=O)[O-])s3)CC2)c1. The second kappa shape index (κ2) is 9.17. The van der Waals surface area contributed by atoms with Crippen LogP contribution in [0.1, 0.15) is 44.0 Å². The Morgan fingerprint density at radius 2 is 1.67 bits per heavy atom. The lowest BCUT2D eigenvalue weighted by atomic mass is 9.99. The predicted octanol–water partition coefficient (Wildman–Crippen LogP) is 3.22. The molecule has 0 unspecified atom stereocenters. The Kier molecular flexibility index (Phi) is 6.61. The maximum absolute atomic E-state index is 12.5. The minimum Gasteiger partial charge on any atom is -0.339 e. The number of benzene rings is 1. The fraction of sp³-hybridized carbons (Fsp3) is 0.381. The molecular weight excluding hydrogens is 406 g/mol. The predicted molar refractivity (Wildman–Crippen MR) is 113 cm³/mol. The van der Waals surface area contributed by atoms with E-state index in [4.69, 9.17) is 0 Å². The Morgan fingerprint density at radius 1 is 1.00 bits per heavy atom. The number of nitro groups is 1. The van der Waals surface area contributed by atoms with E-state index in [-0.39, 0.29) is 35.4 Å². The summed E-state index contributed by atoms with van der Waals surface area (Å²) in [4.78, 5) is 51.4. The van der Waals surface area contributed by atoms with Crippen LogP contribution in [-0.4, -0.2) is 58.5 Å². The second-order valence-electron chi connectivity index (χ2n) is 7.31. The Hall–Kier alpha value is -3.07. The van der Waals surface area contributed by atoms with Crippen molar-refractivity contribution in [1.82, 2.24) is 9.80 Å². The molecule has 1 saturated heterocycles. The molecule has 30 heavy (non-hydrogen) atoms. The van der Waals surface area contributed by atoms with Gasteiger partial charge in [0.25, 0.3) is 5.91 Å². The topological polar surface area (TPSA) is 101 Å². The molecule has 0 radical (unpaired) electrons. The number of thiophene rings is 1. The minimum absolute atomic E-state index is 0.0438. The van der Waals surface area contributed by atoms with Gasteiger partial charge in [0, 0.05) is 50.7 Å². The van der Waals surface area contributed by atoms with E-state index < -0.39 is 4.92 Å². The van der Waals surface area contributed by atoms with Gasteiger partial charge in [0.15, 0.2) is 5.78 Å². The average molecular weight is 429 g/mol. The minimum atomic E-state index is -0.516. The molecule has 3 rings (SSSR count). The van der Waals surface area contributed by atoms with Crippen LogP contribution in [0.3, 0.4) is 0 Å². The van der Waals surface area contributed by atoms with E-state index in [1.54, 1.807) is 9.80 Å². The molecule has 0 atom stereocenters. The summed E-state index contributed by atoms with van der Waals surface area (Å²) in [6.45, 7) is 5.30. The summed E-state index contributed by atoms with van der Waals surface area (Å²) in [5, 5.41) is 10.7. The number of piperazine rings is 1. The zero-order valence-electron chi connectivity index (χ0n) is 16.9. The maximum Gasteiger partial charge on any atom is 0.324 e. The van der Waals surface area contributed by atoms with E-state index in [1.807, 2.05) is 32.0 Å². The smallest absolute Gasteiger partial charge is 0.324 e. The van der Waals surface area contributed by atoms with Gasteiger partial charge in [-0.05, 0) is 31.5 Å². The average Bonchev–Trinajstić information content (AvgIpc) is 3.23. The van der Waals surface area contributed by atoms with E-state index in [2.05, 4.69) is 0 Å². The molecule has 1 aromatic heterocycles. The Morgan fingerprint density at radius 3 is 2.30 bits per heavy atom. The van der Waals surface area contributed by atoms with Crippen LogP contribution in [0.15, 0.2) is 30.3 Å². The number of hydrogen-bond acceptors (Lipinski definition) is 6. The molecule has 2 aromatic rings. The van der Waals surface area contributed by atoms with E-state index in [0.29, 0.717) is 36.6 Å². The van der Waals surface area contributed by atoms with Gasteiger partial charge < -0.3 is 9.80 Å². The highest BCUT2D eigenvalue weighted by molar-refractivity contribution is 7.17. The van der Waals surface area contributed by atoms with Crippen LogP contribution in [0.25, 0.3) is 0 Å². The highest BCUT2D eigenvalue weighted by atomic mass is 32.1. The van der Waals surface area contributed by atoms with E-state index >= 15 is 0 Å². The first-order valence-electron chi connectivity index (χ1n) is 9.68. The molecule has 1 fully saturated rings. The van der Waals surface area contributed by atoms with E-state index in [1.165, 1.54) is 12.1 Å². The van der Waals surface area contributed by atoms with Crippen molar-refractivity contribution in [2.24, 2.45) is 0 Å². The second-order valence-corrected chi connectivity index (χ2v) is 8.37. The van der Waals surface area contributed by atoms with Gasteiger partial charge in [-0.3, -0.25) is 24.5 Å². The van der Waals surface area contributed by atoms with Crippen LogP contribution in [0.5, 0.6) is 0 Å². The van der Waals surface area contributed by atoms with Gasteiger partial charge in [0.2, 0.25) is 5.91 Å². The summed E-state index contributed by atoms with van der Waals surface area (Å²) < 4.78 is 0. The third kappa shape index (κ3) is 4.91. The fourth-order valence-electron chi connectivity index (χ4n) is 3.41. The first-order valence-corrected chi connectivity index (χ1v) is 10.5. The summed E-state index contributed by atoms with van der Waals surface area (Å²) >= 11 is 0.853. The van der Waals surface area contributed by atoms with Gasteiger partial charge in [0.05, 0.1) is 9.80 Å². The Balaban J connectivity index is 1.50. The first kappa shape index (κ1) is 21.6. The molecule has 1 aliphatic heterocycles. The van der Waals surface area contributed by atoms with Crippen molar-refractivity contribution >= 4 is 33.9 Å². The number of ketones is 1. The fourth-order valence-corrected chi connectivity index (χ4v) is 4.19. The monoisotopic (exact) mass is 429 g/mol. The quantitative estimate of drug-likeness (QED) is 0.399. The van der Waals surface area contributed by atoms with Crippen LogP contribution in [-0.2, 0) is 4.79 Å². The number of nitrogens with zero attached hydrogens (tertiary/aromatic N) is 3. The van der Waals surface area contributed by atoms with Crippen LogP contribution in [0, 0.1) is 24.0 Å². The molecule has 2 heterocycles. The molecule has 1 aromatic carbocycles. The summed E-state index contributed by atoms with van der Waals surface area (Å²) in [6, 6.07) is 8.49. The van der Waals surface area contributed by atoms with E-state index in [0.717, 1.165) is 22.5 Å². The van der Waals surface area contributed by atoms with Crippen molar-refractivity contribution < 1.29 is 19.3 Å². The third-order valence-electron chi connectivity index (χ3n) is 5.16. The number of amides is 2. The normalized spacial score (nSPS) is 13.9. The van der Waals surface area contributed by atoms with Gasteiger partial charge in [-0.1, -0.05) is 29.0 Å². The maximum atomic E-state index is 12.5. The number of hydrogen-bond donors (Lipinski definition) is 0. The molecule has 8 nitrogen and oxygen atoms in total. The molecule has 0 spiro atoms. The molecular formula is C21H23N3O5S. The highest BCUT2D eigenvalue weighted by Crippen LogP contribution is 2.25. The molecule has 2 amide bonds. The summed E-state index contributed by atoms with van der Waals surface area (Å²) in [6.07, 6.45) is 0.290. The zero-order valence-corrected chi connectivity index (χ0v) is 17.7. The van der Waals surface area contributed by atoms with Gasteiger partial charge in [-0.25, -0.2) is 0 Å². The molecule has 0 aliphatic carbocycles. The molecule has 9 heteroatoms. The van der Waals surface area contributed by atoms with Gasteiger partial charge in [0.1, 0.15) is 0 Å². The summed E-state index contributed by atoms with van der Waals surface area (Å²) in [7, 11) is 0. The third-order valence-corrected chi connectivity index (χ3v) is 6.19. The van der Waals surface area contributed by atoms with Gasteiger partial charge in [-0.2, -0.15) is 0 Å². The van der Waals surface area contributed by atoms with Crippen molar-refractivity contribution in [2.45, 2.75) is 26.7 Å². The number of Topliss-reactive ketones (excluding diaryl/α,β-unsaturated/α-hetero) is 1. The van der Waals surface area contributed by atoms with Crippen molar-refractivity contribution in [3.05, 3.63) is 62.0 Å². The molecule has 0 saturated carbocycles. The molecule has 158 valence electrons. The largest absolute Gasteiger partial charge is 0.339 e.